The fraction of sp³-hybridized carbons (Fsp3) is 0.211. The molecule has 0 amide bonds. The first-order chi connectivity index (χ1) is 10.6. The molecule has 0 saturated heterocycles. The van der Waals surface area contributed by atoms with Gasteiger partial charge in [-0.05, 0) is 18.6 Å². The molecule has 22 heavy (non-hydrogen) atoms. The fourth-order valence-corrected chi connectivity index (χ4v) is 2.69. The number of para-hydroxylation sites is 1. The molecule has 0 aliphatic carbocycles. The number of nitrogens with zero attached hydrogens (tertiary/aromatic N) is 1. The van der Waals surface area contributed by atoms with Crippen molar-refractivity contribution in [1.82, 2.24) is 9.88 Å². The molecule has 3 heteroatoms. The molecular weight excluding hydrogens is 272 g/mol. The monoisotopic (exact) mass is 292 g/mol. The molecule has 2 aromatic carbocycles. The van der Waals surface area contributed by atoms with Crippen LogP contribution >= 0.6 is 0 Å². The van der Waals surface area contributed by atoms with Crippen LogP contribution in [0.15, 0.2) is 54.7 Å². The van der Waals surface area contributed by atoms with E-state index in [1.54, 1.807) is 0 Å². The van der Waals surface area contributed by atoms with Gasteiger partial charge in [-0.25, -0.2) is 0 Å². The van der Waals surface area contributed by atoms with E-state index in [1.165, 1.54) is 11.1 Å². The van der Waals surface area contributed by atoms with Crippen molar-refractivity contribution in [3.63, 3.8) is 0 Å². The summed E-state index contributed by atoms with van der Waals surface area (Å²) in [5, 5.41) is 4.26. The van der Waals surface area contributed by atoms with Crippen molar-refractivity contribution in [2.75, 3.05) is 6.54 Å². The Morgan fingerprint density at radius 3 is 2.59 bits per heavy atom. The number of carbonyl (C=O) groups excluding carboxylic acids is 1. The van der Waals surface area contributed by atoms with Gasteiger partial charge >= 0.3 is 0 Å². The Bertz CT molecular complexity index is 800. The first-order valence-electron chi connectivity index (χ1n) is 7.48. The first-order valence-corrected chi connectivity index (χ1v) is 7.48. The molecule has 0 radical (unpaired) electrons. The summed E-state index contributed by atoms with van der Waals surface area (Å²) >= 11 is 0. The number of Topliss-reactive ketones (excluding diaryl/α,β-unsaturated/α-hetero) is 1. The number of hydrogen-bond acceptors (Lipinski definition) is 2. The number of benzene rings is 2. The predicted octanol–water partition coefficient (Wildman–Crippen LogP) is 3.46. The van der Waals surface area contributed by atoms with E-state index in [0.717, 1.165) is 16.5 Å². The van der Waals surface area contributed by atoms with Gasteiger partial charge in [-0.3, -0.25) is 4.79 Å². The van der Waals surface area contributed by atoms with E-state index >= 15 is 0 Å². The van der Waals surface area contributed by atoms with Crippen LogP contribution in [0.1, 0.15) is 21.5 Å². The summed E-state index contributed by atoms with van der Waals surface area (Å²) in [6.07, 6.45) is 1.92. The van der Waals surface area contributed by atoms with Crippen molar-refractivity contribution in [2.24, 2.45) is 7.05 Å². The van der Waals surface area contributed by atoms with Gasteiger partial charge < -0.3 is 9.88 Å². The maximum Gasteiger partial charge on any atom is 0.178 e. The van der Waals surface area contributed by atoms with Crippen molar-refractivity contribution in [3.8, 4) is 0 Å². The molecule has 0 aliphatic heterocycles. The average molecular weight is 292 g/mol. The maximum atomic E-state index is 12.4. The van der Waals surface area contributed by atoms with Crippen molar-refractivity contribution < 1.29 is 4.79 Å². The number of carbonyl (C=O) groups is 1. The molecule has 3 rings (SSSR count). The lowest BCUT2D eigenvalue weighted by Gasteiger charge is -2.04. The van der Waals surface area contributed by atoms with Crippen molar-refractivity contribution >= 4 is 16.7 Å². The van der Waals surface area contributed by atoms with Crippen LogP contribution in [-0.2, 0) is 13.6 Å². The van der Waals surface area contributed by atoms with E-state index in [0.29, 0.717) is 13.1 Å². The van der Waals surface area contributed by atoms with Crippen LogP contribution in [-0.4, -0.2) is 16.9 Å². The lowest BCUT2D eigenvalue weighted by atomic mass is 10.1. The highest BCUT2D eigenvalue weighted by atomic mass is 16.1. The Morgan fingerprint density at radius 2 is 1.82 bits per heavy atom. The topological polar surface area (TPSA) is 34.0 Å². The lowest BCUT2D eigenvalue weighted by Crippen LogP contribution is -2.22. The smallest absolute Gasteiger partial charge is 0.178 e. The Balaban J connectivity index is 1.67. The SMILES string of the molecule is Cc1ccc(CNCC(=O)c2cn(C)c3ccccc23)cc1. The van der Waals surface area contributed by atoms with E-state index in [9.17, 15) is 4.79 Å². The van der Waals surface area contributed by atoms with Crippen LogP contribution in [0.3, 0.4) is 0 Å². The highest BCUT2D eigenvalue weighted by Gasteiger charge is 2.12. The van der Waals surface area contributed by atoms with Gasteiger partial charge in [-0.2, -0.15) is 0 Å². The number of nitrogens with one attached hydrogen (secondary N) is 1. The van der Waals surface area contributed by atoms with Crippen LogP contribution in [0.2, 0.25) is 0 Å². The number of fused-ring (bicyclic) bond motifs is 1. The highest BCUT2D eigenvalue weighted by Crippen LogP contribution is 2.20. The Labute approximate surface area is 130 Å². The molecule has 3 aromatic rings. The number of aromatic nitrogens is 1. The van der Waals surface area contributed by atoms with Crippen molar-refractivity contribution in [3.05, 3.63) is 71.4 Å². The van der Waals surface area contributed by atoms with Crippen LogP contribution in [0.25, 0.3) is 10.9 Å². The summed E-state index contributed by atoms with van der Waals surface area (Å²) in [5.41, 5.74) is 4.31. The van der Waals surface area contributed by atoms with Crippen molar-refractivity contribution in [2.45, 2.75) is 13.5 Å². The Morgan fingerprint density at radius 1 is 1.09 bits per heavy atom. The summed E-state index contributed by atoms with van der Waals surface area (Å²) < 4.78 is 2.00. The van der Waals surface area contributed by atoms with Crippen LogP contribution in [0, 0.1) is 6.92 Å². The Kier molecular flexibility index (Phi) is 4.07. The van der Waals surface area contributed by atoms with Gasteiger partial charge in [0.2, 0.25) is 0 Å². The molecule has 1 aromatic heterocycles. The van der Waals surface area contributed by atoms with E-state index in [4.69, 9.17) is 0 Å². The molecule has 0 saturated carbocycles. The molecule has 0 fully saturated rings. The second-order valence-electron chi connectivity index (χ2n) is 5.68. The number of ketones is 1. The zero-order valence-corrected chi connectivity index (χ0v) is 13.0. The van der Waals surface area contributed by atoms with Gasteiger partial charge in [-0.15, -0.1) is 0 Å². The predicted molar refractivity (Wildman–Crippen MR) is 90.1 cm³/mol. The minimum Gasteiger partial charge on any atom is -0.350 e. The zero-order chi connectivity index (χ0) is 15.5. The zero-order valence-electron chi connectivity index (χ0n) is 13.0. The molecular formula is C19H20N2O. The van der Waals surface area contributed by atoms with Gasteiger partial charge in [0.25, 0.3) is 0 Å². The first kappa shape index (κ1) is 14.5. The summed E-state index contributed by atoms with van der Waals surface area (Å²) in [6.45, 7) is 3.12. The molecule has 0 atom stereocenters. The van der Waals surface area contributed by atoms with Crippen LogP contribution < -0.4 is 5.32 Å². The molecule has 0 spiro atoms. The number of rotatable bonds is 5. The third kappa shape index (κ3) is 2.95. The molecule has 0 bridgehead atoms. The van der Waals surface area contributed by atoms with E-state index < -0.39 is 0 Å². The average Bonchev–Trinajstić information content (AvgIpc) is 2.87. The number of aryl methyl sites for hydroxylation is 2. The highest BCUT2D eigenvalue weighted by molar-refractivity contribution is 6.09. The molecule has 3 nitrogen and oxygen atoms in total. The van der Waals surface area contributed by atoms with Crippen LogP contribution in [0.5, 0.6) is 0 Å². The minimum absolute atomic E-state index is 0.129. The van der Waals surface area contributed by atoms with Crippen LogP contribution in [0.4, 0.5) is 0 Å². The normalized spacial score (nSPS) is 11.0. The quantitative estimate of drug-likeness (QED) is 0.731. The summed E-state index contributed by atoms with van der Waals surface area (Å²) in [4.78, 5) is 12.4. The van der Waals surface area contributed by atoms with E-state index in [1.807, 2.05) is 42.1 Å². The fourth-order valence-electron chi connectivity index (χ4n) is 2.69. The summed E-state index contributed by atoms with van der Waals surface area (Å²) in [6, 6.07) is 16.3. The molecule has 0 unspecified atom stereocenters. The summed E-state index contributed by atoms with van der Waals surface area (Å²) in [7, 11) is 1.97. The van der Waals surface area contributed by atoms with Gasteiger partial charge in [0.1, 0.15) is 0 Å². The molecule has 1 heterocycles. The standard InChI is InChI=1S/C19H20N2O/c1-14-7-9-15(10-8-14)11-20-12-19(22)17-13-21(2)18-6-4-3-5-16(17)18/h3-10,13,20H,11-12H2,1-2H3. The summed E-state index contributed by atoms with van der Waals surface area (Å²) in [5.74, 6) is 0.129. The molecule has 112 valence electrons. The lowest BCUT2D eigenvalue weighted by molar-refractivity contribution is 0.0992. The van der Waals surface area contributed by atoms with Gasteiger partial charge in [-0.1, -0.05) is 48.0 Å². The Hall–Kier alpha value is -2.39. The second kappa shape index (κ2) is 6.16. The van der Waals surface area contributed by atoms with E-state index in [2.05, 4.69) is 36.5 Å². The minimum atomic E-state index is 0.129. The van der Waals surface area contributed by atoms with Crippen molar-refractivity contribution in [1.29, 1.82) is 0 Å². The molecule has 0 aliphatic rings. The van der Waals surface area contributed by atoms with Gasteiger partial charge in [0, 0.05) is 36.3 Å². The third-order valence-electron chi connectivity index (χ3n) is 3.93. The molecule has 1 N–H and O–H groups in total. The van der Waals surface area contributed by atoms with Gasteiger partial charge in [0.15, 0.2) is 5.78 Å². The largest absolute Gasteiger partial charge is 0.350 e. The number of hydrogen-bond donors (Lipinski definition) is 1. The maximum absolute atomic E-state index is 12.4. The second-order valence-corrected chi connectivity index (χ2v) is 5.68. The van der Waals surface area contributed by atoms with E-state index in [-0.39, 0.29) is 5.78 Å². The third-order valence-corrected chi connectivity index (χ3v) is 3.93. The van der Waals surface area contributed by atoms with Gasteiger partial charge in [0.05, 0.1) is 6.54 Å².